The maximum atomic E-state index is 5.20. The lowest BCUT2D eigenvalue weighted by Crippen LogP contribution is -2.00. The fourth-order valence-electron chi connectivity index (χ4n) is 3.62. The molecule has 142 valence electrons. The van der Waals surface area contributed by atoms with Gasteiger partial charge in [-0.05, 0) is 0 Å². The highest BCUT2D eigenvalue weighted by atomic mass is 14.9. The first-order chi connectivity index (χ1) is 14.9. The van der Waals surface area contributed by atoms with E-state index in [1.165, 1.54) is 0 Å². The van der Waals surface area contributed by atoms with Gasteiger partial charge in [-0.3, -0.25) is 0 Å². The third-order valence-electron chi connectivity index (χ3n) is 5.08. The lowest BCUT2D eigenvalue weighted by Gasteiger charge is -2.16. The van der Waals surface area contributed by atoms with Crippen LogP contribution in [0.5, 0.6) is 0 Å². The quantitative estimate of drug-likeness (QED) is 0.329. The van der Waals surface area contributed by atoms with Gasteiger partial charge in [0.05, 0.1) is 22.8 Å². The molecule has 0 bridgehead atoms. The molecule has 1 aromatic heterocycles. The van der Waals surface area contributed by atoms with Crippen LogP contribution in [0.15, 0.2) is 121 Å². The summed E-state index contributed by atoms with van der Waals surface area (Å²) in [7, 11) is 0. The van der Waals surface area contributed by atoms with Crippen LogP contribution in [0, 0.1) is 0 Å². The van der Waals surface area contributed by atoms with E-state index in [0.29, 0.717) is 0 Å². The highest BCUT2D eigenvalue weighted by Crippen LogP contribution is 2.36. The molecule has 0 saturated heterocycles. The SMILES string of the molecule is c1ccc(-c2nc(-c3ccccc3)c(-c3ccccc3)nc2-c2ccccc2)cc1. The molecule has 2 heteroatoms. The van der Waals surface area contributed by atoms with Gasteiger partial charge in [0, 0.05) is 22.3 Å². The molecule has 0 spiro atoms. The Hall–Kier alpha value is -4.04. The van der Waals surface area contributed by atoms with Crippen molar-refractivity contribution in [1.29, 1.82) is 0 Å². The highest BCUT2D eigenvalue weighted by Gasteiger charge is 2.18. The number of benzene rings is 4. The Morgan fingerprint density at radius 1 is 0.267 bits per heavy atom. The highest BCUT2D eigenvalue weighted by molar-refractivity contribution is 5.86. The summed E-state index contributed by atoms with van der Waals surface area (Å²) in [6.45, 7) is 0. The summed E-state index contributed by atoms with van der Waals surface area (Å²) < 4.78 is 0. The molecule has 0 radical (unpaired) electrons. The molecule has 4 aromatic carbocycles. The van der Waals surface area contributed by atoms with Crippen LogP contribution in [0.4, 0.5) is 0 Å². The Morgan fingerprint density at radius 2 is 0.467 bits per heavy atom. The minimum Gasteiger partial charge on any atom is -0.243 e. The van der Waals surface area contributed by atoms with E-state index in [1.54, 1.807) is 0 Å². The molecule has 0 aliphatic heterocycles. The number of rotatable bonds is 4. The van der Waals surface area contributed by atoms with Gasteiger partial charge in [0.25, 0.3) is 0 Å². The minimum absolute atomic E-state index is 0.889. The van der Waals surface area contributed by atoms with Gasteiger partial charge in [0.1, 0.15) is 0 Å². The first-order valence-corrected chi connectivity index (χ1v) is 10.0. The summed E-state index contributed by atoms with van der Waals surface area (Å²) in [5.74, 6) is 0. The van der Waals surface area contributed by atoms with E-state index in [9.17, 15) is 0 Å². The van der Waals surface area contributed by atoms with E-state index in [4.69, 9.17) is 9.97 Å². The molecule has 0 unspecified atom stereocenters. The molecular weight excluding hydrogens is 364 g/mol. The molecule has 0 saturated carbocycles. The Bertz CT molecular complexity index is 1050. The van der Waals surface area contributed by atoms with Crippen molar-refractivity contribution in [3.63, 3.8) is 0 Å². The second kappa shape index (κ2) is 8.14. The molecule has 1 heterocycles. The van der Waals surface area contributed by atoms with Gasteiger partial charge in [0.2, 0.25) is 0 Å². The van der Waals surface area contributed by atoms with Crippen LogP contribution in [0.1, 0.15) is 0 Å². The van der Waals surface area contributed by atoms with Gasteiger partial charge in [-0.15, -0.1) is 0 Å². The van der Waals surface area contributed by atoms with E-state index >= 15 is 0 Å². The van der Waals surface area contributed by atoms with E-state index in [-0.39, 0.29) is 0 Å². The van der Waals surface area contributed by atoms with Crippen LogP contribution < -0.4 is 0 Å². The first-order valence-electron chi connectivity index (χ1n) is 10.0. The van der Waals surface area contributed by atoms with Crippen LogP contribution in [-0.4, -0.2) is 9.97 Å². The molecule has 0 atom stereocenters. The van der Waals surface area contributed by atoms with Crippen LogP contribution in [0.25, 0.3) is 45.0 Å². The van der Waals surface area contributed by atoms with E-state index < -0.39 is 0 Å². The molecule has 5 rings (SSSR count). The molecule has 30 heavy (non-hydrogen) atoms. The van der Waals surface area contributed by atoms with Gasteiger partial charge < -0.3 is 0 Å². The van der Waals surface area contributed by atoms with Gasteiger partial charge in [-0.25, -0.2) is 9.97 Å². The van der Waals surface area contributed by atoms with Gasteiger partial charge in [0.15, 0.2) is 0 Å². The van der Waals surface area contributed by atoms with Gasteiger partial charge >= 0.3 is 0 Å². The predicted molar refractivity (Wildman–Crippen MR) is 124 cm³/mol. The first kappa shape index (κ1) is 18.0. The van der Waals surface area contributed by atoms with Crippen LogP contribution in [-0.2, 0) is 0 Å². The molecule has 0 aliphatic carbocycles. The maximum absolute atomic E-state index is 5.20. The molecule has 5 aromatic rings. The summed E-state index contributed by atoms with van der Waals surface area (Å²) >= 11 is 0. The smallest absolute Gasteiger partial charge is 0.0973 e. The molecule has 0 N–H and O–H groups in total. The van der Waals surface area contributed by atoms with E-state index in [1.807, 2.05) is 72.8 Å². The standard InChI is InChI=1S/C28H20N2/c1-5-13-21(14-6-1)25-26(22-15-7-2-8-16-22)30-28(24-19-11-4-12-20-24)27(29-25)23-17-9-3-10-18-23/h1-20H. The van der Waals surface area contributed by atoms with Crippen LogP contribution >= 0.6 is 0 Å². The second-order valence-electron chi connectivity index (χ2n) is 7.08. The second-order valence-corrected chi connectivity index (χ2v) is 7.08. The Balaban J connectivity index is 1.85. The molecule has 0 amide bonds. The Labute approximate surface area is 176 Å². The third kappa shape index (κ3) is 3.51. The topological polar surface area (TPSA) is 25.8 Å². The van der Waals surface area contributed by atoms with E-state index in [2.05, 4.69) is 48.5 Å². The average molecular weight is 384 g/mol. The van der Waals surface area contributed by atoms with Crippen molar-refractivity contribution >= 4 is 0 Å². The van der Waals surface area contributed by atoms with Gasteiger partial charge in [-0.1, -0.05) is 121 Å². The summed E-state index contributed by atoms with van der Waals surface area (Å²) in [4.78, 5) is 10.4. The molecular formula is C28H20N2. The van der Waals surface area contributed by atoms with Crippen molar-refractivity contribution in [3.05, 3.63) is 121 Å². The third-order valence-corrected chi connectivity index (χ3v) is 5.08. The number of nitrogens with zero attached hydrogens (tertiary/aromatic N) is 2. The summed E-state index contributed by atoms with van der Waals surface area (Å²) in [5.41, 5.74) is 7.78. The summed E-state index contributed by atoms with van der Waals surface area (Å²) in [6, 6.07) is 41.1. The summed E-state index contributed by atoms with van der Waals surface area (Å²) in [5, 5.41) is 0. The monoisotopic (exact) mass is 384 g/mol. The maximum Gasteiger partial charge on any atom is 0.0973 e. The van der Waals surface area contributed by atoms with Crippen molar-refractivity contribution in [2.45, 2.75) is 0 Å². The predicted octanol–water partition coefficient (Wildman–Crippen LogP) is 7.14. The summed E-state index contributed by atoms with van der Waals surface area (Å²) in [6.07, 6.45) is 0. The van der Waals surface area contributed by atoms with Crippen molar-refractivity contribution < 1.29 is 0 Å². The van der Waals surface area contributed by atoms with Gasteiger partial charge in [-0.2, -0.15) is 0 Å². The van der Waals surface area contributed by atoms with Crippen molar-refractivity contribution in [1.82, 2.24) is 9.97 Å². The number of hydrogen-bond acceptors (Lipinski definition) is 2. The molecule has 2 nitrogen and oxygen atoms in total. The lowest BCUT2D eigenvalue weighted by molar-refractivity contribution is 1.21. The Morgan fingerprint density at radius 3 is 0.667 bits per heavy atom. The van der Waals surface area contributed by atoms with Crippen LogP contribution in [0.2, 0.25) is 0 Å². The minimum atomic E-state index is 0.889. The Kier molecular flexibility index (Phi) is 4.89. The van der Waals surface area contributed by atoms with Crippen molar-refractivity contribution in [2.75, 3.05) is 0 Å². The molecule has 0 fully saturated rings. The fourth-order valence-corrected chi connectivity index (χ4v) is 3.62. The van der Waals surface area contributed by atoms with Crippen LogP contribution in [0.3, 0.4) is 0 Å². The van der Waals surface area contributed by atoms with E-state index in [0.717, 1.165) is 45.0 Å². The number of hydrogen-bond donors (Lipinski definition) is 0. The normalized spacial score (nSPS) is 10.7. The zero-order chi connectivity index (χ0) is 20.2. The van der Waals surface area contributed by atoms with Crippen molar-refractivity contribution in [3.8, 4) is 45.0 Å². The zero-order valence-corrected chi connectivity index (χ0v) is 16.4. The number of aromatic nitrogens is 2. The average Bonchev–Trinajstić information content (AvgIpc) is 2.85. The fraction of sp³-hybridized carbons (Fsp3) is 0. The van der Waals surface area contributed by atoms with Crippen molar-refractivity contribution in [2.24, 2.45) is 0 Å². The largest absolute Gasteiger partial charge is 0.243 e. The lowest BCUT2D eigenvalue weighted by atomic mass is 9.99. The zero-order valence-electron chi connectivity index (χ0n) is 16.4. The molecule has 0 aliphatic rings.